The van der Waals surface area contributed by atoms with Crippen LogP contribution in [0, 0.1) is 17.0 Å². The molecular formula is C12H16N2O3. The second kappa shape index (κ2) is 5.14. The van der Waals surface area contributed by atoms with Crippen LogP contribution < -0.4 is 10.1 Å². The molecule has 0 spiro atoms. The Morgan fingerprint density at radius 1 is 1.41 bits per heavy atom. The number of ether oxygens (including phenoxy) is 1. The number of nitro groups is 1. The molecule has 5 heteroatoms. The Bertz CT molecular complexity index is 414. The maximum atomic E-state index is 10.8. The lowest BCUT2D eigenvalue weighted by Gasteiger charge is -2.23. The van der Waals surface area contributed by atoms with Gasteiger partial charge in [0.15, 0.2) is 0 Å². The van der Waals surface area contributed by atoms with E-state index in [1.165, 1.54) is 6.07 Å². The molecule has 5 nitrogen and oxygen atoms in total. The smallest absolute Gasteiger partial charge is 0.276 e. The largest absolute Gasteiger partial charge is 0.490 e. The van der Waals surface area contributed by atoms with Gasteiger partial charge in [-0.15, -0.1) is 0 Å². The van der Waals surface area contributed by atoms with E-state index in [2.05, 4.69) is 5.32 Å². The fourth-order valence-electron chi connectivity index (χ4n) is 1.96. The molecule has 0 unspecified atom stereocenters. The van der Waals surface area contributed by atoms with E-state index in [1.54, 1.807) is 19.1 Å². The number of nitrogens with one attached hydrogen (secondary N) is 1. The number of hydrogen-bond donors (Lipinski definition) is 1. The first-order chi connectivity index (χ1) is 8.16. The fraction of sp³-hybridized carbons (Fsp3) is 0.500. The highest BCUT2D eigenvalue weighted by atomic mass is 16.6. The lowest BCUT2D eigenvalue weighted by Crippen LogP contribution is -2.34. The van der Waals surface area contributed by atoms with Crippen LogP contribution in [0.5, 0.6) is 5.75 Å². The van der Waals surface area contributed by atoms with E-state index in [0.29, 0.717) is 11.3 Å². The van der Waals surface area contributed by atoms with Crippen LogP contribution in [-0.2, 0) is 0 Å². The van der Waals surface area contributed by atoms with Crippen molar-refractivity contribution in [1.29, 1.82) is 0 Å². The summed E-state index contributed by atoms with van der Waals surface area (Å²) in [6.45, 7) is 3.61. The van der Waals surface area contributed by atoms with Crippen molar-refractivity contribution in [2.24, 2.45) is 0 Å². The Kier molecular flexibility index (Phi) is 3.58. The van der Waals surface area contributed by atoms with E-state index in [0.717, 1.165) is 25.9 Å². The van der Waals surface area contributed by atoms with Crippen LogP contribution in [-0.4, -0.2) is 24.1 Å². The quantitative estimate of drug-likeness (QED) is 0.644. The topological polar surface area (TPSA) is 64.4 Å². The van der Waals surface area contributed by atoms with Crippen molar-refractivity contribution in [3.05, 3.63) is 33.9 Å². The van der Waals surface area contributed by atoms with Gasteiger partial charge in [-0.05, 0) is 45.0 Å². The van der Waals surface area contributed by atoms with Crippen molar-refractivity contribution in [2.75, 3.05) is 13.1 Å². The van der Waals surface area contributed by atoms with Crippen LogP contribution >= 0.6 is 0 Å². The van der Waals surface area contributed by atoms with Crippen LogP contribution in [0.15, 0.2) is 18.2 Å². The predicted octanol–water partition coefficient (Wildman–Crippen LogP) is 2.03. The van der Waals surface area contributed by atoms with Crippen molar-refractivity contribution < 1.29 is 9.66 Å². The molecule has 1 saturated heterocycles. The second-order valence-electron chi connectivity index (χ2n) is 4.27. The number of nitrogens with zero attached hydrogens (tertiary/aromatic N) is 1. The Morgan fingerprint density at radius 3 is 2.76 bits per heavy atom. The van der Waals surface area contributed by atoms with Crippen LogP contribution in [0.25, 0.3) is 0 Å². The van der Waals surface area contributed by atoms with Crippen molar-refractivity contribution >= 4 is 5.69 Å². The molecule has 1 fully saturated rings. The van der Waals surface area contributed by atoms with Crippen molar-refractivity contribution in [2.45, 2.75) is 25.9 Å². The van der Waals surface area contributed by atoms with Crippen molar-refractivity contribution in [3.63, 3.8) is 0 Å². The summed E-state index contributed by atoms with van der Waals surface area (Å²) in [7, 11) is 0. The molecule has 0 bridgehead atoms. The molecule has 1 heterocycles. The van der Waals surface area contributed by atoms with E-state index >= 15 is 0 Å². The third-order valence-electron chi connectivity index (χ3n) is 2.97. The molecule has 0 aromatic heterocycles. The van der Waals surface area contributed by atoms with Gasteiger partial charge in [-0.1, -0.05) is 0 Å². The molecule has 17 heavy (non-hydrogen) atoms. The van der Waals surface area contributed by atoms with Crippen LogP contribution in [0.4, 0.5) is 5.69 Å². The number of aryl methyl sites for hydroxylation is 1. The number of benzene rings is 1. The molecule has 0 aliphatic carbocycles. The molecule has 1 N–H and O–H groups in total. The molecule has 1 aliphatic rings. The summed E-state index contributed by atoms with van der Waals surface area (Å²) in [5.41, 5.74) is 0.782. The lowest BCUT2D eigenvalue weighted by atomic mass is 10.1. The van der Waals surface area contributed by atoms with Gasteiger partial charge in [0.1, 0.15) is 11.9 Å². The van der Waals surface area contributed by atoms with Gasteiger partial charge in [0.05, 0.1) is 11.0 Å². The summed E-state index contributed by atoms with van der Waals surface area (Å²) >= 11 is 0. The minimum Gasteiger partial charge on any atom is -0.490 e. The van der Waals surface area contributed by atoms with Gasteiger partial charge in [0.25, 0.3) is 5.69 Å². The molecule has 0 amide bonds. The van der Waals surface area contributed by atoms with E-state index in [-0.39, 0.29) is 16.7 Å². The SMILES string of the molecule is Cc1ccc(OC2CCNCC2)cc1[N+](=O)[O-]. The number of piperidine rings is 1. The first-order valence-corrected chi connectivity index (χ1v) is 5.79. The molecule has 1 aromatic carbocycles. The highest BCUT2D eigenvalue weighted by Crippen LogP contribution is 2.25. The van der Waals surface area contributed by atoms with E-state index in [1.807, 2.05) is 0 Å². The predicted molar refractivity (Wildman–Crippen MR) is 64.4 cm³/mol. The van der Waals surface area contributed by atoms with Gasteiger partial charge in [0.2, 0.25) is 0 Å². The van der Waals surface area contributed by atoms with Crippen LogP contribution in [0.2, 0.25) is 0 Å². The molecule has 1 aromatic rings. The van der Waals surface area contributed by atoms with Gasteiger partial charge in [-0.3, -0.25) is 10.1 Å². The van der Waals surface area contributed by atoms with Gasteiger partial charge in [0, 0.05) is 5.56 Å². The summed E-state index contributed by atoms with van der Waals surface area (Å²) in [4.78, 5) is 10.4. The zero-order valence-corrected chi connectivity index (χ0v) is 9.81. The molecule has 0 radical (unpaired) electrons. The fourth-order valence-corrected chi connectivity index (χ4v) is 1.96. The van der Waals surface area contributed by atoms with Crippen LogP contribution in [0.3, 0.4) is 0 Å². The Morgan fingerprint density at radius 2 is 2.12 bits per heavy atom. The van der Waals surface area contributed by atoms with E-state index in [9.17, 15) is 10.1 Å². The number of nitro benzene ring substituents is 1. The Balaban J connectivity index is 2.10. The third kappa shape index (κ3) is 2.94. The zero-order valence-electron chi connectivity index (χ0n) is 9.81. The minimum absolute atomic E-state index is 0.122. The van der Waals surface area contributed by atoms with Crippen molar-refractivity contribution in [1.82, 2.24) is 5.32 Å². The van der Waals surface area contributed by atoms with E-state index in [4.69, 9.17) is 4.74 Å². The van der Waals surface area contributed by atoms with Gasteiger partial charge in [-0.25, -0.2) is 0 Å². The minimum atomic E-state index is -0.370. The maximum Gasteiger partial charge on any atom is 0.276 e. The summed E-state index contributed by atoms with van der Waals surface area (Å²) in [6.07, 6.45) is 2.06. The maximum absolute atomic E-state index is 10.8. The first-order valence-electron chi connectivity index (χ1n) is 5.79. The average molecular weight is 236 g/mol. The zero-order chi connectivity index (χ0) is 12.3. The normalized spacial score (nSPS) is 16.8. The second-order valence-corrected chi connectivity index (χ2v) is 4.27. The molecule has 92 valence electrons. The van der Waals surface area contributed by atoms with Crippen molar-refractivity contribution in [3.8, 4) is 5.75 Å². The summed E-state index contributed by atoms with van der Waals surface area (Å²) < 4.78 is 5.76. The average Bonchev–Trinajstić information content (AvgIpc) is 2.32. The molecule has 1 aliphatic heterocycles. The van der Waals surface area contributed by atoms with Crippen LogP contribution in [0.1, 0.15) is 18.4 Å². The van der Waals surface area contributed by atoms with Gasteiger partial charge < -0.3 is 10.1 Å². The summed E-state index contributed by atoms with van der Waals surface area (Å²) in [5, 5.41) is 14.1. The number of hydrogen-bond acceptors (Lipinski definition) is 4. The highest BCUT2D eigenvalue weighted by molar-refractivity contribution is 5.45. The van der Waals surface area contributed by atoms with Gasteiger partial charge in [-0.2, -0.15) is 0 Å². The molecule has 2 rings (SSSR count). The lowest BCUT2D eigenvalue weighted by molar-refractivity contribution is -0.385. The first kappa shape index (κ1) is 11.9. The van der Waals surface area contributed by atoms with Gasteiger partial charge >= 0.3 is 0 Å². The molecular weight excluding hydrogens is 220 g/mol. The summed E-state index contributed by atoms with van der Waals surface area (Å²) in [6, 6.07) is 5.04. The van der Waals surface area contributed by atoms with E-state index < -0.39 is 0 Å². The Hall–Kier alpha value is -1.62. The third-order valence-corrected chi connectivity index (χ3v) is 2.97. The summed E-state index contributed by atoms with van der Waals surface area (Å²) in [5.74, 6) is 0.592. The monoisotopic (exact) mass is 236 g/mol. The Labute approximate surface area is 99.9 Å². The number of rotatable bonds is 3. The molecule has 0 atom stereocenters. The standard InChI is InChI=1S/C12H16N2O3/c1-9-2-3-11(8-12(9)14(15)16)17-10-4-6-13-7-5-10/h2-3,8,10,13H,4-7H2,1H3. The highest BCUT2D eigenvalue weighted by Gasteiger charge is 2.17. The molecule has 0 saturated carbocycles.